The summed E-state index contributed by atoms with van der Waals surface area (Å²) in [5.41, 5.74) is -0.516. The third-order valence-electron chi connectivity index (χ3n) is 2.79. The van der Waals surface area contributed by atoms with Gasteiger partial charge in [-0.1, -0.05) is 18.2 Å². The number of rotatable bonds is 9. The van der Waals surface area contributed by atoms with Gasteiger partial charge < -0.3 is 19.5 Å². The highest BCUT2D eigenvalue weighted by Crippen LogP contribution is 2.09. The molecule has 1 aromatic rings. The lowest BCUT2D eigenvalue weighted by atomic mass is 10.2. The molecule has 1 N–H and O–H groups in total. The van der Waals surface area contributed by atoms with Crippen LogP contribution < -0.4 is 10.1 Å². The van der Waals surface area contributed by atoms with Crippen LogP contribution in [-0.2, 0) is 14.3 Å². The number of hydrogen-bond donors (Lipinski definition) is 1. The first kappa shape index (κ1) is 19.8. The Labute approximate surface area is 143 Å². The summed E-state index contributed by atoms with van der Waals surface area (Å²) in [5, 5.41) is 2.61. The van der Waals surface area contributed by atoms with E-state index in [9.17, 15) is 9.59 Å². The van der Waals surface area contributed by atoms with Crippen molar-refractivity contribution in [1.82, 2.24) is 5.32 Å². The Morgan fingerprint density at radius 3 is 2.42 bits per heavy atom. The van der Waals surface area contributed by atoms with Crippen molar-refractivity contribution in [2.24, 2.45) is 0 Å². The van der Waals surface area contributed by atoms with Crippen molar-refractivity contribution in [2.75, 3.05) is 19.8 Å². The van der Waals surface area contributed by atoms with E-state index in [0.717, 1.165) is 5.75 Å². The number of hydrogen-bond acceptors (Lipinski definition) is 5. The zero-order valence-corrected chi connectivity index (χ0v) is 14.7. The van der Waals surface area contributed by atoms with Crippen molar-refractivity contribution >= 4 is 12.1 Å². The number of carbonyl (C=O) groups is 2. The van der Waals surface area contributed by atoms with Crippen molar-refractivity contribution in [2.45, 2.75) is 45.6 Å². The molecule has 0 spiro atoms. The van der Waals surface area contributed by atoms with E-state index >= 15 is 0 Å². The maximum atomic E-state index is 11.5. The molecule has 0 aromatic heterocycles. The minimum absolute atomic E-state index is 0.260. The molecule has 6 heteroatoms. The van der Waals surface area contributed by atoms with Gasteiger partial charge in [0.15, 0.2) is 0 Å². The lowest BCUT2D eigenvalue weighted by Crippen LogP contribution is -2.33. The van der Waals surface area contributed by atoms with E-state index in [1.807, 2.05) is 30.3 Å². The fraction of sp³-hybridized carbons (Fsp3) is 0.556. The number of amides is 1. The average Bonchev–Trinajstić information content (AvgIpc) is 2.50. The van der Waals surface area contributed by atoms with Crippen molar-refractivity contribution in [3.63, 3.8) is 0 Å². The topological polar surface area (TPSA) is 73.9 Å². The minimum Gasteiger partial charge on any atom is -0.494 e. The molecule has 0 saturated carbocycles. The molecule has 0 atom stereocenters. The Bertz CT molecular complexity index is 496. The van der Waals surface area contributed by atoms with Gasteiger partial charge in [0, 0.05) is 13.0 Å². The van der Waals surface area contributed by atoms with Gasteiger partial charge >= 0.3 is 12.1 Å². The first-order valence-corrected chi connectivity index (χ1v) is 8.17. The van der Waals surface area contributed by atoms with Crippen LogP contribution in [0.15, 0.2) is 30.3 Å². The van der Waals surface area contributed by atoms with E-state index in [-0.39, 0.29) is 12.6 Å². The second kappa shape index (κ2) is 10.5. The van der Waals surface area contributed by atoms with Crippen molar-refractivity contribution in [3.05, 3.63) is 30.3 Å². The summed E-state index contributed by atoms with van der Waals surface area (Å²) in [4.78, 5) is 22.9. The van der Waals surface area contributed by atoms with Crippen LogP contribution in [0.4, 0.5) is 4.79 Å². The normalized spacial score (nSPS) is 10.8. The van der Waals surface area contributed by atoms with Gasteiger partial charge in [-0.15, -0.1) is 0 Å². The quantitative estimate of drug-likeness (QED) is 0.553. The SMILES string of the molecule is CC(C)(C)OC(=O)NCCCOC(=O)CCCOc1ccccc1. The van der Waals surface area contributed by atoms with Crippen LogP contribution in [0.3, 0.4) is 0 Å². The van der Waals surface area contributed by atoms with Crippen LogP contribution in [-0.4, -0.2) is 37.4 Å². The Kier molecular flexibility index (Phi) is 8.68. The van der Waals surface area contributed by atoms with Gasteiger partial charge in [-0.05, 0) is 45.7 Å². The van der Waals surface area contributed by atoms with Gasteiger partial charge in [0.05, 0.1) is 13.2 Å². The molecule has 0 saturated heterocycles. The van der Waals surface area contributed by atoms with Gasteiger partial charge in [0.2, 0.25) is 0 Å². The lowest BCUT2D eigenvalue weighted by molar-refractivity contribution is -0.143. The monoisotopic (exact) mass is 337 g/mol. The summed E-state index contributed by atoms with van der Waals surface area (Å²) >= 11 is 0. The molecular weight excluding hydrogens is 310 g/mol. The molecule has 134 valence electrons. The zero-order chi connectivity index (χ0) is 17.8. The van der Waals surface area contributed by atoms with Crippen molar-refractivity contribution in [3.8, 4) is 5.75 Å². The number of alkyl carbamates (subject to hydrolysis) is 1. The maximum absolute atomic E-state index is 11.5. The van der Waals surface area contributed by atoms with Crippen LogP contribution in [0.1, 0.15) is 40.0 Å². The molecule has 0 aliphatic heterocycles. The molecule has 24 heavy (non-hydrogen) atoms. The highest BCUT2D eigenvalue weighted by molar-refractivity contribution is 5.69. The van der Waals surface area contributed by atoms with Crippen LogP contribution in [0, 0.1) is 0 Å². The van der Waals surface area contributed by atoms with E-state index in [1.54, 1.807) is 20.8 Å². The third-order valence-corrected chi connectivity index (χ3v) is 2.79. The average molecular weight is 337 g/mol. The molecule has 0 aliphatic carbocycles. The van der Waals surface area contributed by atoms with E-state index in [4.69, 9.17) is 14.2 Å². The molecule has 1 amide bonds. The molecule has 0 bridgehead atoms. The highest BCUT2D eigenvalue weighted by Gasteiger charge is 2.15. The van der Waals surface area contributed by atoms with Gasteiger partial charge in [-0.2, -0.15) is 0 Å². The predicted octanol–water partition coefficient (Wildman–Crippen LogP) is 3.30. The summed E-state index contributed by atoms with van der Waals surface area (Å²) in [7, 11) is 0. The molecule has 1 aromatic carbocycles. The van der Waals surface area contributed by atoms with Crippen molar-refractivity contribution in [1.29, 1.82) is 0 Å². The summed E-state index contributed by atoms with van der Waals surface area (Å²) in [6.07, 6.45) is 0.994. The Hall–Kier alpha value is -2.24. The van der Waals surface area contributed by atoms with E-state index in [0.29, 0.717) is 32.4 Å². The molecule has 0 aliphatic rings. The second-order valence-corrected chi connectivity index (χ2v) is 6.27. The summed E-state index contributed by atoms with van der Waals surface area (Å²) < 4.78 is 15.7. The fourth-order valence-corrected chi connectivity index (χ4v) is 1.76. The van der Waals surface area contributed by atoms with Crippen LogP contribution in [0.25, 0.3) is 0 Å². The highest BCUT2D eigenvalue weighted by atomic mass is 16.6. The van der Waals surface area contributed by atoms with E-state index in [1.165, 1.54) is 0 Å². The standard InChI is InChI=1S/C18H27NO5/c1-18(2,3)24-17(21)19-12-8-14-23-16(20)11-7-13-22-15-9-5-4-6-10-15/h4-6,9-10H,7-8,11-14H2,1-3H3,(H,19,21). The number of benzene rings is 1. The van der Waals surface area contributed by atoms with Crippen LogP contribution in [0.5, 0.6) is 5.75 Å². The number of carbonyl (C=O) groups excluding carboxylic acids is 2. The molecular formula is C18H27NO5. The molecule has 6 nitrogen and oxygen atoms in total. The Balaban J connectivity index is 1.97. The van der Waals surface area contributed by atoms with Gasteiger partial charge in [-0.25, -0.2) is 4.79 Å². The first-order valence-electron chi connectivity index (χ1n) is 8.17. The summed E-state index contributed by atoms with van der Waals surface area (Å²) in [5.74, 6) is 0.531. The van der Waals surface area contributed by atoms with Crippen LogP contribution in [0.2, 0.25) is 0 Å². The number of esters is 1. The molecule has 0 unspecified atom stereocenters. The number of para-hydroxylation sites is 1. The Morgan fingerprint density at radius 1 is 1.04 bits per heavy atom. The molecule has 0 fully saturated rings. The largest absolute Gasteiger partial charge is 0.494 e. The van der Waals surface area contributed by atoms with E-state index in [2.05, 4.69) is 5.32 Å². The maximum Gasteiger partial charge on any atom is 0.407 e. The first-order chi connectivity index (χ1) is 11.4. The summed E-state index contributed by atoms with van der Waals surface area (Å²) in [6.45, 7) is 6.55. The van der Waals surface area contributed by atoms with E-state index < -0.39 is 11.7 Å². The van der Waals surface area contributed by atoms with Gasteiger partial charge in [-0.3, -0.25) is 4.79 Å². The lowest BCUT2D eigenvalue weighted by Gasteiger charge is -2.19. The fourth-order valence-electron chi connectivity index (χ4n) is 1.76. The molecule has 0 radical (unpaired) electrons. The number of ether oxygens (including phenoxy) is 3. The minimum atomic E-state index is -0.516. The van der Waals surface area contributed by atoms with Gasteiger partial charge in [0.25, 0.3) is 0 Å². The smallest absolute Gasteiger partial charge is 0.407 e. The third kappa shape index (κ3) is 10.5. The summed E-state index contributed by atoms with van der Waals surface area (Å²) in [6, 6.07) is 9.46. The molecule has 0 heterocycles. The predicted molar refractivity (Wildman–Crippen MR) is 91.0 cm³/mol. The Morgan fingerprint density at radius 2 is 1.75 bits per heavy atom. The van der Waals surface area contributed by atoms with Gasteiger partial charge in [0.1, 0.15) is 11.4 Å². The van der Waals surface area contributed by atoms with Crippen molar-refractivity contribution < 1.29 is 23.8 Å². The number of nitrogens with one attached hydrogen (secondary N) is 1. The second-order valence-electron chi connectivity index (χ2n) is 6.27. The zero-order valence-electron chi connectivity index (χ0n) is 14.7. The molecule has 1 rings (SSSR count). The van der Waals surface area contributed by atoms with Crippen LogP contribution >= 0.6 is 0 Å².